The molecule has 0 aliphatic carbocycles. The van der Waals surface area contributed by atoms with Crippen LogP contribution in [-0.4, -0.2) is 36.3 Å². The third kappa shape index (κ3) is 5.40. The number of allylic oxidation sites excluding steroid dienone is 2. The number of rotatable bonds is 8. The second-order valence-corrected chi connectivity index (χ2v) is 7.41. The first-order valence-electron chi connectivity index (χ1n) is 10.0. The van der Waals surface area contributed by atoms with Crippen LogP contribution >= 0.6 is 0 Å². The lowest BCUT2D eigenvalue weighted by atomic mass is 10.0. The van der Waals surface area contributed by atoms with E-state index in [4.69, 9.17) is 15.2 Å². The molecule has 33 heavy (non-hydrogen) atoms. The summed E-state index contributed by atoms with van der Waals surface area (Å²) in [6.45, 7) is 9.14. The van der Waals surface area contributed by atoms with Crippen molar-refractivity contribution in [1.29, 1.82) is 0 Å². The number of ether oxygens (including phenoxy) is 2. The van der Waals surface area contributed by atoms with Crippen molar-refractivity contribution in [1.82, 2.24) is 10.3 Å². The van der Waals surface area contributed by atoms with Crippen LogP contribution in [0.4, 0.5) is 23.4 Å². The largest absolute Gasteiger partial charge is 0.415 e. The van der Waals surface area contributed by atoms with Crippen LogP contribution in [0.2, 0.25) is 0 Å². The van der Waals surface area contributed by atoms with Crippen molar-refractivity contribution in [3.8, 4) is 0 Å². The van der Waals surface area contributed by atoms with E-state index in [0.717, 1.165) is 23.8 Å². The number of nitrogens with zero attached hydrogens (tertiary/aromatic N) is 1. The molecule has 0 spiro atoms. The molecule has 176 valence electrons. The summed E-state index contributed by atoms with van der Waals surface area (Å²) >= 11 is 0. The minimum Gasteiger partial charge on any atom is -0.383 e. The highest BCUT2D eigenvalue weighted by Crippen LogP contribution is 2.32. The topological polar surface area (TPSA) is 86.5 Å². The maximum absolute atomic E-state index is 14.8. The summed E-state index contributed by atoms with van der Waals surface area (Å²) in [5, 5.41) is 3.11. The lowest BCUT2D eigenvalue weighted by molar-refractivity contribution is -0.0878. The van der Waals surface area contributed by atoms with Gasteiger partial charge in [-0.3, -0.25) is 4.79 Å². The first-order chi connectivity index (χ1) is 15.5. The van der Waals surface area contributed by atoms with E-state index in [1.54, 1.807) is 6.92 Å². The molecule has 1 aliphatic rings. The molecule has 1 atom stereocenters. The Morgan fingerprint density at radius 2 is 2.00 bits per heavy atom. The van der Waals surface area contributed by atoms with Gasteiger partial charge < -0.3 is 20.5 Å². The Bertz CT molecular complexity index is 1140. The molecule has 2 heterocycles. The second-order valence-electron chi connectivity index (χ2n) is 7.41. The van der Waals surface area contributed by atoms with E-state index in [9.17, 15) is 22.4 Å². The number of benzene rings is 1. The van der Waals surface area contributed by atoms with Gasteiger partial charge in [0.2, 0.25) is 0 Å². The normalized spacial score (nSPS) is 14.5. The first kappa shape index (κ1) is 24.4. The minimum absolute atomic E-state index is 0.0690. The van der Waals surface area contributed by atoms with Gasteiger partial charge in [0.25, 0.3) is 5.91 Å². The molecular weight excluding hydrogens is 442 g/mol. The smallest absolute Gasteiger partial charge is 0.383 e. The Hall–Kier alpha value is -3.24. The molecule has 0 fully saturated rings. The van der Waals surface area contributed by atoms with Crippen molar-refractivity contribution >= 4 is 22.6 Å². The van der Waals surface area contributed by atoms with E-state index in [1.807, 2.05) is 0 Å². The van der Waals surface area contributed by atoms with Crippen LogP contribution in [0.25, 0.3) is 10.9 Å². The van der Waals surface area contributed by atoms with Gasteiger partial charge in [0.05, 0.1) is 36.9 Å². The van der Waals surface area contributed by atoms with E-state index < -0.39 is 29.5 Å². The van der Waals surface area contributed by atoms with Gasteiger partial charge in [-0.25, -0.2) is 9.37 Å². The molecule has 6 nitrogen and oxygen atoms in total. The number of nitrogens with one attached hydrogen (secondary N) is 1. The highest BCUT2D eigenvalue weighted by molar-refractivity contribution is 5.99. The number of hydrogen-bond acceptors (Lipinski definition) is 5. The van der Waals surface area contributed by atoms with Gasteiger partial charge in [-0.2, -0.15) is 13.2 Å². The minimum atomic E-state index is -4.59. The zero-order chi connectivity index (χ0) is 24.3. The molecule has 0 radical (unpaired) electrons. The van der Waals surface area contributed by atoms with Gasteiger partial charge in [-0.1, -0.05) is 25.3 Å². The van der Waals surface area contributed by atoms with E-state index >= 15 is 0 Å². The number of fused-ring (bicyclic) bond motifs is 3. The number of aromatic nitrogens is 1. The van der Waals surface area contributed by atoms with Crippen LogP contribution in [0.3, 0.4) is 0 Å². The molecular formula is C23H23F4N3O3. The molecule has 1 aromatic carbocycles. The molecule has 3 N–H and O–H groups in total. The molecule has 3 rings (SSSR count). The van der Waals surface area contributed by atoms with Crippen molar-refractivity contribution in [2.45, 2.75) is 32.4 Å². The number of amides is 1. The zero-order valence-electron chi connectivity index (χ0n) is 17.9. The summed E-state index contributed by atoms with van der Waals surface area (Å²) in [7, 11) is 0. The number of halogens is 4. The number of pyridine rings is 1. The maximum Gasteiger partial charge on any atom is 0.415 e. The summed E-state index contributed by atoms with van der Waals surface area (Å²) in [5.41, 5.74) is 6.41. The molecule has 0 saturated heterocycles. The van der Waals surface area contributed by atoms with Gasteiger partial charge in [0.1, 0.15) is 11.6 Å². The average Bonchev–Trinajstić information content (AvgIpc) is 3.24. The third-order valence-electron chi connectivity index (χ3n) is 5.17. The van der Waals surface area contributed by atoms with Gasteiger partial charge in [0.15, 0.2) is 0 Å². The standard InChI is InChI=1S/C23H23F4N3O3/c1-4-32-11-20(12(2)5-6-13(3)23(25,26)27)30-22(31)15-7-14-16-9-33-10-17(16)21(28)29-19(14)8-18(15)24/h5-8,20H,2-4,9-11H2,1H3,(H2,28,29)(H,30,31)/b6-5-/t20-/m1/s1. The first-order valence-corrected chi connectivity index (χ1v) is 10.0. The monoisotopic (exact) mass is 465 g/mol. The second kappa shape index (κ2) is 9.72. The van der Waals surface area contributed by atoms with Crippen molar-refractivity contribution in [3.05, 3.63) is 71.1 Å². The van der Waals surface area contributed by atoms with Gasteiger partial charge in [-0.05, 0) is 24.1 Å². The fourth-order valence-corrected chi connectivity index (χ4v) is 3.30. The predicted molar refractivity (Wildman–Crippen MR) is 116 cm³/mol. The van der Waals surface area contributed by atoms with Crippen molar-refractivity contribution in [2.24, 2.45) is 0 Å². The Balaban J connectivity index is 1.88. The number of alkyl halides is 3. The Labute approximate surface area is 187 Å². The van der Waals surface area contributed by atoms with E-state index in [1.165, 1.54) is 6.07 Å². The Kier molecular flexibility index (Phi) is 7.19. The van der Waals surface area contributed by atoms with Crippen molar-refractivity contribution < 1.29 is 31.8 Å². The van der Waals surface area contributed by atoms with Gasteiger partial charge in [0, 0.05) is 29.2 Å². The number of anilines is 1. The van der Waals surface area contributed by atoms with Crippen LogP contribution in [-0.2, 0) is 22.7 Å². The SMILES string of the molecule is C=C(/C=C\C(=C)C(F)(F)F)[C@@H](COCC)NC(=O)c1cc2c3c(c(N)nc2cc1F)COC3. The lowest BCUT2D eigenvalue weighted by Crippen LogP contribution is -2.39. The van der Waals surface area contributed by atoms with E-state index in [-0.39, 0.29) is 42.3 Å². The molecule has 1 aromatic heterocycles. The quantitative estimate of drug-likeness (QED) is 0.447. The van der Waals surface area contributed by atoms with Crippen LogP contribution in [0.5, 0.6) is 0 Å². The Morgan fingerprint density at radius 3 is 2.67 bits per heavy atom. The van der Waals surface area contributed by atoms with Crippen molar-refractivity contribution in [2.75, 3.05) is 18.9 Å². The summed E-state index contributed by atoms with van der Waals surface area (Å²) < 4.78 is 63.6. The fraction of sp³-hybridized carbons (Fsp3) is 0.304. The van der Waals surface area contributed by atoms with Crippen LogP contribution in [0, 0.1) is 5.82 Å². The number of nitrogens with two attached hydrogens (primary N) is 1. The lowest BCUT2D eigenvalue weighted by Gasteiger charge is -2.20. The van der Waals surface area contributed by atoms with Gasteiger partial charge in [-0.15, -0.1) is 0 Å². The summed E-state index contributed by atoms with van der Waals surface area (Å²) in [6, 6.07) is 1.57. The van der Waals surface area contributed by atoms with Crippen LogP contribution < -0.4 is 11.1 Å². The molecule has 2 aromatic rings. The Morgan fingerprint density at radius 1 is 1.30 bits per heavy atom. The summed E-state index contributed by atoms with van der Waals surface area (Å²) in [4.78, 5) is 17.1. The van der Waals surface area contributed by atoms with Crippen molar-refractivity contribution in [3.63, 3.8) is 0 Å². The molecule has 0 bridgehead atoms. The highest BCUT2D eigenvalue weighted by atomic mass is 19.4. The van der Waals surface area contributed by atoms with E-state index in [0.29, 0.717) is 17.6 Å². The fourth-order valence-electron chi connectivity index (χ4n) is 3.30. The maximum atomic E-state index is 14.8. The highest BCUT2D eigenvalue weighted by Gasteiger charge is 2.30. The molecule has 10 heteroatoms. The molecule has 1 aliphatic heterocycles. The predicted octanol–water partition coefficient (Wildman–Crippen LogP) is 4.35. The third-order valence-corrected chi connectivity index (χ3v) is 5.17. The number of hydrogen-bond donors (Lipinski definition) is 2. The van der Waals surface area contributed by atoms with Crippen LogP contribution in [0.15, 0.2) is 48.6 Å². The zero-order valence-corrected chi connectivity index (χ0v) is 17.9. The van der Waals surface area contributed by atoms with Crippen LogP contribution in [0.1, 0.15) is 28.4 Å². The molecule has 0 saturated carbocycles. The summed E-state index contributed by atoms with van der Waals surface area (Å²) in [6.07, 6.45) is -2.75. The van der Waals surface area contributed by atoms with E-state index in [2.05, 4.69) is 23.5 Å². The number of nitrogen functional groups attached to an aromatic ring is 1. The number of carbonyl (C=O) groups excluding carboxylic acids is 1. The number of carbonyl (C=O) groups is 1. The molecule has 0 unspecified atom stereocenters. The summed E-state index contributed by atoms with van der Waals surface area (Å²) in [5.74, 6) is -1.37. The molecule has 1 amide bonds. The van der Waals surface area contributed by atoms with Gasteiger partial charge >= 0.3 is 6.18 Å². The average molecular weight is 465 g/mol.